The molecule has 0 aromatic heterocycles. The quantitative estimate of drug-likeness (QED) is 0.219. The second-order valence-corrected chi connectivity index (χ2v) is 10.2. The van der Waals surface area contributed by atoms with Crippen molar-refractivity contribution in [2.45, 2.75) is 46.3 Å². The molecule has 8 nitrogen and oxygen atoms in total. The van der Waals surface area contributed by atoms with Crippen molar-refractivity contribution in [1.82, 2.24) is 10.8 Å². The lowest BCUT2D eigenvalue weighted by atomic mass is 9.65. The van der Waals surface area contributed by atoms with E-state index in [1.165, 1.54) is 6.08 Å². The van der Waals surface area contributed by atoms with Crippen molar-refractivity contribution in [2.24, 2.45) is 16.7 Å². The molecule has 1 heterocycles. The molecule has 188 valence electrons. The predicted molar refractivity (Wildman–Crippen MR) is 131 cm³/mol. The predicted octanol–water partition coefficient (Wildman–Crippen LogP) is 3.17. The monoisotopic (exact) mass is 482 g/mol. The van der Waals surface area contributed by atoms with Gasteiger partial charge in [-0.2, -0.15) is 0 Å². The Hall–Kier alpha value is -3.23. The van der Waals surface area contributed by atoms with Crippen LogP contribution < -0.4 is 10.8 Å². The number of ether oxygens (including phenoxy) is 2. The summed E-state index contributed by atoms with van der Waals surface area (Å²) in [4.78, 5) is 39.0. The first kappa shape index (κ1) is 26.4. The van der Waals surface area contributed by atoms with Gasteiger partial charge in [0.2, 0.25) is 5.91 Å². The van der Waals surface area contributed by atoms with Crippen LogP contribution in [0.25, 0.3) is 10.8 Å². The topological polar surface area (TPSA) is 114 Å². The fourth-order valence-electron chi connectivity index (χ4n) is 4.42. The van der Waals surface area contributed by atoms with Crippen LogP contribution in [-0.4, -0.2) is 48.4 Å². The van der Waals surface area contributed by atoms with Crippen LogP contribution in [0, 0.1) is 16.7 Å². The van der Waals surface area contributed by atoms with Crippen LogP contribution in [0.15, 0.2) is 55.1 Å². The Labute approximate surface area is 205 Å². The molecule has 0 saturated carbocycles. The van der Waals surface area contributed by atoms with E-state index in [0.717, 1.165) is 16.3 Å². The minimum absolute atomic E-state index is 0.0113. The summed E-state index contributed by atoms with van der Waals surface area (Å²) in [6, 6.07) is 12.5. The summed E-state index contributed by atoms with van der Waals surface area (Å²) in [7, 11) is 0. The van der Waals surface area contributed by atoms with Gasteiger partial charge in [0.15, 0.2) is 6.10 Å². The van der Waals surface area contributed by atoms with E-state index in [1.807, 2.05) is 70.2 Å². The molecule has 1 aliphatic rings. The third kappa shape index (κ3) is 5.39. The highest BCUT2D eigenvalue weighted by Gasteiger charge is 2.55. The summed E-state index contributed by atoms with van der Waals surface area (Å²) in [5.74, 6) is -2.98. The third-order valence-electron chi connectivity index (χ3n) is 7.17. The molecule has 3 N–H and O–H groups in total. The van der Waals surface area contributed by atoms with Crippen molar-refractivity contribution in [1.29, 1.82) is 0 Å². The van der Waals surface area contributed by atoms with Gasteiger partial charge < -0.3 is 14.8 Å². The molecule has 3 unspecified atom stereocenters. The number of amides is 2. The van der Waals surface area contributed by atoms with Gasteiger partial charge in [0.1, 0.15) is 6.04 Å². The van der Waals surface area contributed by atoms with Crippen molar-refractivity contribution in [3.8, 4) is 0 Å². The zero-order chi connectivity index (χ0) is 25.8. The highest BCUT2D eigenvalue weighted by atomic mass is 16.5. The fraction of sp³-hybridized carbons (Fsp3) is 0.444. The molecular formula is C27H34N2O6. The van der Waals surface area contributed by atoms with Gasteiger partial charge in [-0.15, -0.1) is 6.58 Å². The molecule has 1 saturated heterocycles. The molecule has 1 aliphatic heterocycles. The zero-order valence-corrected chi connectivity index (χ0v) is 20.7. The van der Waals surface area contributed by atoms with Crippen LogP contribution in [0.3, 0.4) is 0 Å². The first-order chi connectivity index (χ1) is 16.5. The number of nitrogens with one attached hydrogen (secondary N) is 2. The van der Waals surface area contributed by atoms with E-state index in [4.69, 9.17) is 9.47 Å². The second-order valence-electron chi connectivity index (χ2n) is 10.2. The molecule has 2 aromatic rings. The van der Waals surface area contributed by atoms with E-state index in [-0.39, 0.29) is 25.0 Å². The molecule has 35 heavy (non-hydrogen) atoms. The van der Waals surface area contributed by atoms with Gasteiger partial charge in [-0.1, -0.05) is 76.2 Å². The number of rotatable bonds is 9. The van der Waals surface area contributed by atoms with E-state index in [9.17, 15) is 19.6 Å². The lowest BCUT2D eigenvalue weighted by Crippen LogP contribution is -2.56. The normalized spacial score (nSPS) is 21.7. The number of carbonyl (C=O) groups excluding carboxylic acids is 3. The standard InChI is InChI=1S/C27H34N2O6/c1-6-14-34-21(24(31)29-33)20(15-18-12-9-11-17-10-7-8-13-19(17)18)23(30)28-22-25(32)35-16-27(22,5)26(2,3)4/h6-13,20-22,33H,1,14-16H2,2-5H3,(H,28,30)(H,29,31)/t20?,21?,22-,27?/m1/s1. The number of hydrogen-bond acceptors (Lipinski definition) is 6. The Balaban J connectivity index is 2.01. The Kier molecular flexibility index (Phi) is 7.97. The maximum absolute atomic E-state index is 13.7. The summed E-state index contributed by atoms with van der Waals surface area (Å²) in [6.45, 7) is 11.6. The number of cyclic esters (lactones) is 1. The highest BCUT2D eigenvalue weighted by molar-refractivity contribution is 5.93. The third-order valence-corrected chi connectivity index (χ3v) is 7.17. The molecule has 8 heteroatoms. The Morgan fingerprint density at radius 3 is 2.57 bits per heavy atom. The SMILES string of the molecule is C=CCOC(C(=O)NO)C(Cc1cccc2ccccc12)C(=O)N[C@@H]1C(=O)OCC1(C)C(C)(C)C. The summed E-state index contributed by atoms with van der Waals surface area (Å²) in [6.07, 6.45) is 0.265. The smallest absolute Gasteiger partial charge is 0.329 e. The van der Waals surface area contributed by atoms with E-state index < -0.39 is 41.3 Å². The molecule has 0 spiro atoms. The lowest BCUT2D eigenvalue weighted by molar-refractivity contribution is -0.151. The molecule has 0 aliphatic carbocycles. The first-order valence-electron chi connectivity index (χ1n) is 11.6. The fourth-order valence-corrected chi connectivity index (χ4v) is 4.42. The van der Waals surface area contributed by atoms with Gasteiger partial charge in [0.25, 0.3) is 5.91 Å². The number of hydroxylamine groups is 1. The molecule has 3 rings (SSSR count). The van der Waals surface area contributed by atoms with E-state index in [0.29, 0.717) is 0 Å². The number of benzene rings is 2. The lowest BCUT2D eigenvalue weighted by Gasteiger charge is -2.40. The van der Waals surface area contributed by atoms with Crippen LogP contribution >= 0.6 is 0 Å². The van der Waals surface area contributed by atoms with Crippen LogP contribution in [0.5, 0.6) is 0 Å². The zero-order valence-electron chi connectivity index (χ0n) is 20.7. The maximum Gasteiger partial charge on any atom is 0.329 e. The van der Waals surface area contributed by atoms with Gasteiger partial charge in [0.05, 0.1) is 19.1 Å². The summed E-state index contributed by atoms with van der Waals surface area (Å²) in [5.41, 5.74) is 1.41. The summed E-state index contributed by atoms with van der Waals surface area (Å²) < 4.78 is 11.0. The number of fused-ring (bicyclic) bond motifs is 1. The molecular weight excluding hydrogens is 448 g/mol. The summed E-state index contributed by atoms with van der Waals surface area (Å²) in [5, 5.41) is 14.1. The largest absolute Gasteiger partial charge is 0.463 e. The minimum atomic E-state index is -1.32. The average Bonchev–Trinajstić information content (AvgIpc) is 3.13. The van der Waals surface area contributed by atoms with E-state index in [1.54, 1.807) is 5.48 Å². The Morgan fingerprint density at radius 2 is 1.91 bits per heavy atom. The van der Waals surface area contributed by atoms with Crippen molar-refractivity contribution in [2.75, 3.05) is 13.2 Å². The van der Waals surface area contributed by atoms with Gasteiger partial charge in [-0.3, -0.25) is 14.8 Å². The van der Waals surface area contributed by atoms with Crippen LogP contribution in [0.4, 0.5) is 0 Å². The van der Waals surface area contributed by atoms with Gasteiger partial charge in [0, 0.05) is 5.41 Å². The van der Waals surface area contributed by atoms with Gasteiger partial charge in [-0.05, 0) is 28.2 Å². The minimum Gasteiger partial charge on any atom is -0.463 e. The first-order valence-corrected chi connectivity index (χ1v) is 11.6. The Bertz CT molecular complexity index is 1100. The van der Waals surface area contributed by atoms with Crippen molar-refractivity contribution in [3.63, 3.8) is 0 Å². The van der Waals surface area contributed by atoms with Gasteiger partial charge in [-0.25, -0.2) is 10.3 Å². The molecule has 0 radical (unpaired) electrons. The Morgan fingerprint density at radius 1 is 1.23 bits per heavy atom. The van der Waals surface area contributed by atoms with E-state index in [2.05, 4.69) is 11.9 Å². The number of carbonyl (C=O) groups is 3. The number of esters is 1. The second kappa shape index (κ2) is 10.6. The van der Waals surface area contributed by atoms with Crippen LogP contribution in [0.2, 0.25) is 0 Å². The van der Waals surface area contributed by atoms with Crippen LogP contribution in [0.1, 0.15) is 33.3 Å². The van der Waals surface area contributed by atoms with Crippen molar-refractivity contribution < 1.29 is 29.1 Å². The van der Waals surface area contributed by atoms with Crippen LogP contribution in [-0.2, 0) is 30.3 Å². The maximum atomic E-state index is 13.7. The molecule has 2 aromatic carbocycles. The molecule has 2 amide bonds. The molecule has 1 fully saturated rings. The number of hydrogen-bond donors (Lipinski definition) is 3. The summed E-state index contributed by atoms with van der Waals surface area (Å²) >= 11 is 0. The molecule has 4 atom stereocenters. The van der Waals surface area contributed by atoms with Crippen molar-refractivity contribution in [3.05, 3.63) is 60.7 Å². The average molecular weight is 483 g/mol. The highest BCUT2D eigenvalue weighted by Crippen LogP contribution is 2.45. The van der Waals surface area contributed by atoms with Crippen molar-refractivity contribution >= 4 is 28.6 Å². The van der Waals surface area contributed by atoms with Gasteiger partial charge >= 0.3 is 5.97 Å². The molecule has 0 bridgehead atoms. The van der Waals surface area contributed by atoms with E-state index >= 15 is 0 Å².